The molecule has 3 heterocycles. The number of rotatable bonds is 3. The zero-order valence-electron chi connectivity index (χ0n) is 13.6. The fourth-order valence-electron chi connectivity index (χ4n) is 3.86. The monoisotopic (exact) mass is 374 g/mol. The number of hydrogen-bond acceptors (Lipinski definition) is 3. The number of likely N-dealkylation sites (tertiary alicyclic amines) is 1. The van der Waals surface area contributed by atoms with E-state index in [0.717, 1.165) is 36.2 Å². The maximum atomic E-state index is 5.04. The molecule has 0 amide bonds. The average molecular weight is 375 g/mol. The smallest absolute Gasteiger partial charge is 0.133 e. The maximum Gasteiger partial charge on any atom is 0.133 e. The van der Waals surface area contributed by atoms with E-state index < -0.39 is 0 Å². The van der Waals surface area contributed by atoms with Gasteiger partial charge in [-0.15, -0.1) is 0 Å². The minimum absolute atomic E-state index is 0.578. The quantitative estimate of drug-likeness (QED) is 0.886. The van der Waals surface area contributed by atoms with E-state index in [4.69, 9.17) is 5.10 Å². The van der Waals surface area contributed by atoms with E-state index in [0.29, 0.717) is 5.92 Å². The molecule has 2 aliphatic heterocycles. The van der Waals surface area contributed by atoms with Gasteiger partial charge >= 0.3 is 0 Å². The molecule has 0 bridgehead atoms. The molecule has 0 aliphatic carbocycles. The largest absolute Gasteiger partial charge is 0.369 e. The fraction of sp³-hybridized carbons (Fsp3) is 0.500. The zero-order chi connectivity index (χ0) is 15.8. The van der Waals surface area contributed by atoms with E-state index in [9.17, 15) is 0 Å². The first kappa shape index (κ1) is 15.2. The molecule has 2 aromatic rings. The lowest BCUT2D eigenvalue weighted by Crippen LogP contribution is -2.34. The fourth-order valence-corrected chi connectivity index (χ4v) is 4.13. The zero-order valence-corrected chi connectivity index (χ0v) is 15.1. The lowest BCUT2D eigenvalue weighted by molar-refractivity contribution is 0.215. The molecular weight excluding hydrogens is 352 g/mol. The molecule has 1 saturated heterocycles. The number of fused-ring (bicyclic) bond motifs is 1. The lowest BCUT2D eigenvalue weighted by atomic mass is 9.92. The van der Waals surface area contributed by atoms with Gasteiger partial charge in [-0.25, -0.2) is 4.68 Å². The van der Waals surface area contributed by atoms with Gasteiger partial charge in [0.2, 0.25) is 0 Å². The summed E-state index contributed by atoms with van der Waals surface area (Å²) in [5, 5.41) is 8.58. The van der Waals surface area contributed by atoms with Gasteiger partial charge in [0.05, 0.1) is 11.4 Å². The first-order chi connectivity index (χ1) is 11.3. The number of aromatic nitrogens is 2. The Bertz CT molecular complexity index is 692. The highest BCUT2D eigenvalue weighted by molar-refractivity contribution is 9.10. The van der Waals surface area contributed by atoms with Crippen LogP contribution in [0.25, 0.3) is 5.69 Å². The van der Waals surface area contributed by atoms with E-state index in [2.05, 4.69) is 62.0 Å². The van der Waals surface area contributed by atoms with Crippen LogP contribution in [0.15, 0.2) is 28.7 Å². The third-order valence-corrected chi connectivity index (χ3v) is 5.62. The van der Waals surface area contributed by atoms with Crippen molar-refractivity contribution in [3.05, 3.63) is 40.0 Å². The number of benzene rings is 1. The van der Waals surface area contributed by atoms with Crippen LogP contribution in [-0.2, 0) is 6.42 Å². The molecule has 1 aromatic carbocycles. The molecule has 23 heavy (non-hydrogen) atoms. The van der Waals surface area contributed by atoms with Crippen molar-refractivity contribution >= 4 is 21.7 Å². The van der Waals surface area contributed by atoms with Crippen LogP contribution < -0.4 is 5.32 Å². The highest BCUT2D eigenvalue weighted by atomic mass is 79.9. The molecule has 0 radical (unpaired) electrons. The first-order valence-corrected chi connectivity index (χ1v) is 9.39. The van der Waals surface area contributed by atoms with Gasteiger partial charge in [0.15, 0.2) is 0 Å². The SMILES string of the molecule is CCN1CCCC(c2nn(-c3ccc(Br)cc3)c3c2CCN3)C1. The molecule has 1 fully saturated rings. The third kappa shape index (κ3) is 2.81. The van der Waals surface area contributed by atoms with Gasteiger partial charge < -0.3 is 10.2 Å². The van der Waals surface area contributed by atoms with Gasteiger partial charge in [-0.3, -0.25) is 0 Å². The van der Waals surface area contributed by atoms with Crippen molar-refractivity contribution in [3.63, 3.8) is 0 Å². The van der Waals surface area contributed by atoms with Crippen LogP contribution in [-0.4, -0.2) is 40.9 Å². The Morgan fingerprint density at radius 1 is 1.30 bits per heavy atom. The van der Waals surface area contributed by atoms with Crippen molar-refractivity contribution in [2.45, 2.75) is 32.1 Å². The predicted octanol–water partition coefficient (Wildman–Crippen LogP) is 3.80. The number of nitrogens with zero attached hydrogens (tertiary/aromatic N) is 3. The second-order valence-electron chi connectivity index (χ2n) is 6.51. The summed E-state index contributed by atoms with van der Waals surface area (Å²) in [6.07, 6.45) is 3.65. The number of halogens is 1. The molecule has 0 saturated carbocycles. The van der Waals surface area contributed by atoms with Crippen molar-refractivity contribution in [1.82, 2.24) is 14.7 Å². The minimum atomic E-state index is 0.578. The van der Waals surface area contributed by atoms with Crippen LogP contribution >= 0.6 is 15.9 Å². The lowest BCUT2D eigenvalue weighted by Gasteiger charge is -2.31. The molecule has 1 atom stereocenters. The van der Waals surface area contributed by atoms with Gasteiger partial charge in [-0.1, -0.05) is 22.9 Å². The molecule has 122 valence electrons. The summed E-state index contributed by atoms with van der Waals surface area (Å²) in [4.78, 5) is 2.56. The number of hydrogen-bond donors (Lipinski definition) is 1. The standard InChI is InChI=1S/C18H23BrN4/c1-2-22-11-3-4-13(12-22)17-16-9-10-20-18(16)23(21-17)15-7-5-14(19)6-8-15/h5-8,13,20H,2-4,9-12H2,1H3. The molecule has 1 aromatic heterocycles. The Morgan fingerprint density at radius 3 is 2.91 bits per heavy atom. The predicted molar refractivity (Wildman–Crippen MR) is 97.5 cm³/mol. The highest BCUT2D eigenvalue weighted by Crippen LogP contribution is 2.36. The summed E-state index contributed by atoms with van der Waals surface area (Å²) in [7, 11) is 0. The number of nitrogens with one attached hydrogen (secondary N) is 1. The van der Waals surface area contributed by atoms with Crippen molar-refractivity contribution in [2.24, 2.45) is 0 Å². The summed E-state index contributed by atoms with van der Waals surface area (Å²) >= 11 is 3.51. The van der Waals surface area contributed by atoms with Crippen LogP contribution in [0.1, 0.15) is 36.9 Å². The maximum absolute atomic E-state index is 5.04. The number of likely N-dealkylation sites (N-methyl/N-ethyl adjacent to an activating group) is 1. The van der Waals surface area contributed by atoms with Crippen molar-refractivity contribution in [1.29, 1.82) is 0 Å². The average Bonchev–Trinajstić information content (AvgIpc) is 3.18. The van der Waals surface area contributed by atoms with Gasteiger partial charge in [0.1, 0.15) is 5.82 Å². The second-order valence-corrected chi connectivity index (χ2v) is 7.43. The molecule has 4 nitrogen and oxygen atoms in total. The molecule has 4 rings (SSSR count). The van der Waals surface area contributed by atoms with E-state index in [-0.39, 0.29) is 0 Å². The van der Waals surface area contributed by atoms with Crippen LogP contribution in [0.4, 0.5) is 5.82 Å². The Labute approximate surface area is 146 Å². The van der Waals surface area contributed by atoms with Crippen LogP contribution in [0.3, 0.4) is 0 Å². The molecule has 2 aliphatic rings. The Hall–Kier alpha value is -1.33. The highest BCUT2D eigenvalue weighted by Gasteiger charge is 2.30. The van der Waals surface area contributed by atoms with Gasteiger partial charge in [-0.2, -0.15) is 5.10 Å². The Kier molecular flexibility index (Phi) is 4.16. The summed E-state index contributed by atoms with van der Waals surface area (Å²) in [5.74, 6) is 1.78. The molecule has 0 spiro atoms. The second kappa shape index (κ2) is 6.29. The number of anilines is 1. The van der Waals surface area contributed by atoms with E-state index >= 15 is 0 Å². The van der Waals surface area contributed by atoms with Crippen LogP contribution in [0, 0.1) is 0 Å². The molecule has 5 heteroatoms. The minimum Gasteiger partial charge on any atom is -0.369 e. The summed E-state index contributed by atoms with van der Waals surface area (Å²) in [6.45, 7) is 6.82. The molecular formula is C18H23BrN4. The van der Waals surface area contributed by atoms with E-state index in [1.807, 2.05) is 0 Å². The first-order valence-electron chi connectivity index (χ1n) is 8.60. The number of piperidine rings is 1. The van der Waals surface area contributed by atoms with Gasteiger partial charge in [0, 0.05) is 29.0 Å². The third-order valence-electron chi connectivity index (χ3n) is 5.09. The normalized spacial score (nSPS) is 21.2. The van der Waals surface area contributed by atoms with Crippen LogP contribution in [0.2, 0.25) is 0 Å². The van der Waals surface area contributed by atoms with E-state index in [1.165, 1.54) is 36.5 Å². The Morgan fingerprint density at radius 2 is 2.13 bits per heavy atom. The summed E-state index contributed by atoms with van der Waals surface area (Å²) in [5.41, 5.74) is 3.90. The summed E-state index contributed by atoms with van der Waals surface area (Å²) < 4.78 is 3.21. The molecule has 1 unspecified atom stereocenters. The van der Waals surface area contributed by atoms with Crippen molar-refractivity contribution < 1.29 is 0 Å². The van der Waals surface area contributed by atoms with Crippen molar-refractivity contribution in [3.8, 4) is 5.69 Å². The van der Waals surface area contributed by atoms with Crippen LogP contribution in [0.5, 0.6) is 0 Å². The Balaban J connectivity index is 1.71. The van der Waals surface area contributed by atoms with E-state index in [1.54, 1.807) is 0 Å². The van der Waals surface area contributed by atoms with Gasteiger partial charge in [-0.05, 0) is 56.6 Å². The van der Waals surface area contributed by atoms with Gasteiger partial charge in [0.25, 0.3) is 0 Å². The molecule has 1 N–H and O–H groups in total. The topological polar surface area (TPSA) is 33.1 Å². The van der Waals surface area contributed by atoms with Crippen molar-refractivity contribution in [2.75, 3.05) is 31.5 Å². The summed E-state index contributed by atoms with van der Waals surface area (Å²) in [6, 6.07) is 8.41.